The van der Waals surface area contributed by atoms with Gasteiger partial charge in [-0.2, -0.15) is 9.97 Å². The monoisotopic (exact) mass is 496 g/mol. The zero-order valence-electron chi connectivity index (χ0n) is 21.2. The third kappa shape index (κ3) is 6.41. The van der Waals surface area contributed by atoms with Crippen molar-refractivity contribution in [2.24, 2.45) is 0 Å². The molecule has 4 rings (SSSR count). The van der Waals surface area contributed by atoms with Gasteiger partial charge in [0.15, 0.2) is 11.6 Å². The van der Waals surface area contributed by atoms with E-state index in [-0.39, 0.29) is 23.3 Å². The molecule has 0 atom stereocenters. The Hall–Kier alpha value is -3.43. The summed E-state index contributed by atoms with van der Waals surface area (Å²) in [4.78, 5) is 28.0. The normalized spacial score (nSPS) is 13.7. The summed E-state index contributed by atoms with van der Waals surface area (Å²) in [6, 6.07) is 3.52. The van der Waals surface area contributed by atoms with Crippen molar-refractivity contribution in [3.8, 4) is 11.5 Å². The maximum atomic E-state index is 13.1. The summed E-state index contributed by atoms with van der Waals surface area (Å²) in [6.07, 6.45) is 6.83. The molecule has 0 spiro atoms. The molecule has 1 saturated carbocycles. The van der Waals surface area contributed by atoms with E-state index in [1.54, 1.807) is 23.2 Å². The van der Waals surface area contributed by atoms with Crippen molar-refractivity contribution in [1.82, 2.24) is 25.3 Å². The molecule has 3 aromatic rings. The summed E-state index contributed by atoms with van der Waals surface area (Å²) in [5.74, 6) is 2.89. The fourth-order valence-electron chi connectivity index (χ4n) is 3.68. The fraction of sp³-hybridized carbons (Fsp3) is 0.538. The topological polar surface area (TPSA) is 111 Å². The van der Waals surface area contributed by atoms with Crippen LogP contribution in [-0.2, 0) is 16.6 Å². The highest BCUT2D eigenvalue weighted by Crippen LogP contribution is 2.39. The second kappa shape index (κ2) is 11.1. The molecule has 0 N–H and O–H groups in total. The minimum Gasteiger partial charge on any atom is -0.339 e. The van der Waals surface area contributed by atoms with Gasteiger partial charge < -0.3 is 9.05 Å². The van der Waals surface area contributed by atoms with Crippen molar-refractivity contribution in [2.45, 2.75) is 77.0 Å². The molecule has 0 aromatic carbocycles. The molecule has 1 aliphatic rings. The molecule has 0 aliphatic heterocycles. The largest absolute Gasteiger partial charge is 0.339 e. The Bertz CT molecular complexity index is 1190. The van der Waals surface area contributed by atoms with Gasteiger partial charge >= 0.3 is 0 Å². The van der Waals surface area contributed by atoms with E-state index in [9.17, 15) is 9.18 Å². The molecule has 192 valence electrons. The molecule has 36 heavy (non-hydrogen) atoms. The lowest BCUT2D eigenvalue weighted by molar-refractivity contribution is -0.115. The van der Waals surface area contributed by atoms with Gasteiger partial charge in [0.25, 0.3) is 11.8 Å². The van der Waals surface area contributed by atoms with Crippen LogP contribution in [0, 0.1) is 0 Å². The van der Waals surface area contributed by atoms with Gasteiger partial charge in [0, 0.05) is 48.1 Å². The van der Waals surface area contributed by atoms with Gasteiger partial charge in [0.05, 0.1) is 6.67 Å². The van der Waals surface area contributed by atoms with Gasteiger partial charge in [0.1, 0.15) is 5.82 Å². The first-order valence-corrected chi connectivity index (χ1v) is 12.4. The zero-order valence-corrected chi connectivity index (χ0v) is 21.2. The van der Waals surface area contributed by atoms with E-state index in [1.165, 1.54) is 0 Å². The van der Waals surface area contributed by atoms with Gasteiger partial charge in [-0.3, -0.25) is 14.1 Å². The number of alkyl halides is 1. The van der Waals surface area contributed by atoms with E-state index in [0.29, 0.717) is 53.7 Å². The lowest BCUT2D eigenvalue weighted by atomic mass is 9.97. The van der Waals surface area contributed by atoms with Crippen LogP contribution in [-0.4, -0.2) is 44.4 Å². The van der Waals surface area contributed by atoms with Crippen molar-refractivity contribution in [2.75, 3.05) is 18.1 Å². The van der Waals surface area contributed by atoms with Crippen LogP contribution in [0.5, 0.6) is 0 Å². The predicted octanol–water partition coefficient (Wildman–Crippen LogP) is 5.35. The standard InChI is InChI=1S/C26H33FN6O3/c1-17(11-13-27)24(34)33(15-7-5-6-8-20-29-25(36-31-20)26(2,3)4)21-16-19(12-14-28-21)23-30-22(32-35-23)18-9-10-18/h12,14,16,18H,1,5-11,13,15H2,2-4H3. The molecule has 3 heterocycles. The summed E-state index contributed by atoms with van der Waals surface area (Å²) >= 11 is 0. The van der Waals surface area contributed by atoms with Crippen LogP contribution in [0.1, 0.15) is 82.8 Å². The molecule has 1 amide bonds. The number of pyridine rings is 1. The summed E-state index contributed by atoms with van der Waals surface area (Å²) < 4.78 is 23.7. The zero-order chi connectivity index (χ0) is 25.7. The first-order valence-electron chi connectivity index (χ1n) is 12.4. The molecular formula is C26H33FN6O3. The maximum Gasteiger partial charge on any atom is 0.258 e. The lowest BCUT2D eigenvalue weighted by Gasteiger charge is -2.23. The summed E-state index contributed by atoms with van der Waals surface area (Å²) in [6.45, 7) is 9.64. The van der Waals surface area contributed by atoms with Crippen LogP contribution >= 0.6 is 0 Å². The average molecular weight is 497 g/mol. The quantitative estimate of drug-likeness (QED) is 0.244. The number of hydrogen-bond donors (Lipinski definition) is 0. The van der Waals surface area contributed by atoms with Gasteiger partial charge in [-0.15, -0.1) is 0 Å². The molecule has 0 saturated heterocycles. The van der Waals surface area contributed by atoms with Crippen molar-refractivity contribution < 1.29 is 18.2 Å². The van der Waals surface area contributed by atoms with Crippen molar-refractivity contribution in [1.29, 1.82) is 0 Å². The molecule has 1 fully saturated rings. The summed E-state index contributed by atoms with van der Waals surface area (Å²) in [7, 11) is 0. The number of unbranched alkanes of at least 4 members (excludes halogenated alkanes) is 2. The molecule has 0 radical (unpaired) electrons. The summed E-state index contributed by atoms with van der Waals surface area (Å²) in [5.41, 5.74) is 0.705. The van der Waals surface area contributed by atoms with E-state index in [0.717, 1.165) is 32.1 Å². The van der Waals surface area contributed by atoms with Crippen molar-refractivity contribution >= 4 is 11.7 Å². The van der Waals surface area contributed by atoms with Crippen LogP contribution in [0.4, 0.5) is 10.2 Å². The molecular weight excluding hydrogens is 463 g/mol. The van der Waals surface area contributed by atoms with Crippen molar-refractivity contribution in [3.63, 3.8) is 0 Å². The lowest BCUT2D eigenvalue weighted by Crippen LogP contribution is -2.33. The van der Waals surface area contributed by atoms with E-state index in [2.05, 4.69) is 31.8 Å². The minimum absolute atomic E-state index is 0.0165. The molecule has 1 aliphatic carbocycles. The van der Waals surface area contributed by atoms with Gasteiger partial charge in [0.2, 0.25) is 5.89 Å². The number of rotatable bonds is 12. The fourth-order valence-corrected chi connectivity index (χ4v) is 3.68. The molecule has 3 aromatic heterocycles. The number of anilines is 1. The third-order valence-corrected chi connectivity index (χ3v) is 5.99. The van der Waals surface area contributed by atoms with Crippen LogP contribution in [0.15, 0.2) is 39.5 Å². The van der Waals surface area contributed by atoms with Crippen LogP contribution in [0.25, 0.3) is 11.5 Å². The number of hydrogen-bond acceptors (Lipinski definition) is 8. The molecule has 0 unspecified atom stereocenters. The first kappa shape index (κ1) is 25.7. The van der Waals surface area contributed by atoms with Gasteiger partial charge in [-0.05, 0) is 37.8 Å². The number of carbonyl (C=O) groups excluding carboxylic acids is 1. The number of halogens is 1. The minimum atomic E-state index is -0.640. The van der Waals surface area contributed by atoms with Crippen LogP contribution < -0.4 is 4.90 Å². The van der Waals surface area contributed by atoms with Gasteiger partial charge in [-0.25, -0.2) is 4.98 Å². The number of aryl methyl sites for hydroxylation is 1. The second-order valence-corrected chi connectivity index (χ2v) is 10.2. The molecule has 9 nitrogen and oxygen atoms in total. The SMILES string of the molecule is C=C(CCF)C(=O)N(CCCCCc1noc(C(C)(C)C)n1)c1cc(-c2nc(C3CC3)no2)ccn1. The Morgan fingerprint density at radius 3 is 2.67 bits per heavy atom. The van der Waals surface area contributed by atoms with Crippen LogP contribution in [0.2, 0.25) is 0 Å². The highest BCUT2D eigenvalue weighted by atomic mass is 19.1. The van der Waals surface area contributed by atoms with Crippen LogP contribution in [0.3, 0.4) is 0 Å². The molecule has 0 bridgehead atoms. The number of aromatic nitrogens is 5. The van der Waals surface area contributed by atoms with E-state index in [1.807, 2.05) is 20.8 Å². The molecule has 10 heteroatoms. The highest BCUT2D eigenvalue weighted by Gasteiger charge is 2.29. The number of nitrogens with zero attached hydrogens (tertiary/aromatic N) is 6. The maximum absolute atomic E-state index is 13.1. The number of amides is 1. The average Bonchev–Trinajstić information content (AvgIpc) is 3.37. The second-order valence-electron chi connectivity index (χ2n) is 10.2. The Balaban J connectivity index is 1.40. The van der Waals surface area contributed by atoms with Crippen molar-refractivity contribution in [3.05, 3.63) is 48.0 Å². The van der Waals surface area contributed by atoms with E-state index < -0.39 is 6.67 Å². The Labute approximate surface area is 210 Å². The highest BCUT2D eigenvalue weighted by molar-refractivity contribution is 6.04. The Morgan fingerprint density at radius 2 is 1.97 bits per heavy atom. The van der Waals surface area contributed by atoms with E-state index >= 15 is 0 Å². The van der Waals surface area contributed by atoms with Gasteiger partial charge in [-0.1, -0.05) is 44.1 Å². The smallest absolute Gasteiger partial charge is 0.258 e. The Morgan fingerprint density at radius 1 is 1.17 bits per heavy atom. The predicted molar refractivity (Wildman–Crippen MR) is 132 cm³/mol. The Kier molecular flexibility index (Phi) is 7.91. The third-order valence-electron chi connectivity index (χ3n) is 5.99. The first-order chi connectivity index (χ1) is 17.3. The number of carbonyl (C=O) groups is 1. The van der Waals surface area contributed by atoms with E-state index in [4.69, 9.17) is 9.05 Å². The summed E-state index contributed by atoms with van der Waals surface area (Å²) in [5, 5.41) is 8.13.